The molecule has 0 unspecified atom stereocenters. The molecule has 2 aromatic carbocycles. The third-order valence-corrected chi connectivity index (χ3v) is 3.16. The van der Waals surface area contributed by atoms with Gasteiger partial charge in [-0.1, -0.05) is 48.0 Å². The Morgan fingerprint density at radius 1 is 1.21 bits per heavy atom. The molecular weight excluding hydrogens is 265 g/mol. The monoisotopic (exact) mass is 277 g/mol. The van der Waals surface area contributed by atoms with Gasteiger partial charge in [0.15, 0.2) is 5.78 Å². The molecule has 0 aliphatic heterocycles. The van der Waals surface area contributed by atoms with E-state index in [9.17, 15) is 9.18 Å². The fraction of sp³-hybridized carbons (Fsp3) is 0.133. The first-order valence-electron chi connectivity index (χ1n) is 5.85. The van der Waals surface area contributed by atoms with Crippen molar-refractivity contribution in [1.29, 1.82) is 0 Å². The first-order valence-corrected chi connectivity index (χ1v) is 6.23. The average molecular weight is 278 g/mol. The maximum atomic E-state index is 13.0. The van der Waals surface area contributed by atoms with Crippen LogP contribution in [0.2, 0.25) is 5.02 Å². The van der Waals surface area contributed by atoms with E-state index in [1.54, 1.807) is 12.1 Å². The molecule has 0 amide bonds. The second-order valence-corrected chi connectivity index (χ2v) is 4.69. The lowest BCUT2D eigenvalue weighted by Crippen LogP contribution is -2.23. The van der Waals surface area contributed by atoms with E-state index >= 15 is 0 Å². The van der Waals surface area contributed by atoms with Gasteiger partial charge in [-0.15, -0.1) is 0 Å². The van der Waals surface area contributed by atoms with Gasteiger partial charge in [0, 0.05) is 6.42 Å². The van der Waals surface area contributed by atoms with Gasteiger partial charge in [-0.25, -0.2) is 4.39 Å². The Kier molecular flexibility index (Phi) is 4.30. The van der Waals surface area contributed by atoms with Crippen molar-refractivity contribution in [3.05, 3.63) is 70.5 Å². The number of carbonyl (C=O) groups excluding carboxylic acids is 1. The molecule has 0 aliphatic carbocycles. The predicted octanol–water partition coefficient (Wildman–Crippen LogP) is 3.29. The van der Waals surface area contributed by atoms with Crippen molar-refractivity contribution in [3.8, 4) is 0 Å². The molecular formula is C15H13ClFNO. The van der Waals surface area contributed by atoms with Crippen molar-refractivity contribution in [2.45, 2.75) is 12.5 Å². The summed E-state index contributed by atoms with van der Waals surface area (Å²) in [4.78, 5) is 12.0. The summed E-state index contributed by atoms with van der Waals surface area (Å²) in [6, 6.07) is 12.7. The van der Waals surface area contributed by atoms with Gasteiger partial charge in [0.2, 0.25) is 0 Å². The number of ketones is 1. The first-order chi connectivity index (χ1) is 9.08. The number of halogens is 2. The molecule has 0 heterocycles. The van der Waals surface area contributed by atoms with E-state index in [0.717, 1.165) is 5.56 Å². The summed E-state index contributed by atoms with van der Waals surface area (Å²) in [6.45, 7) is 0. The highest BCUT2D eigenvalue weighted by atomic mass is 35.5. The van der Waals surface area contributed by atoms with Crippen molar-refractivity contribution < 1.29 is 9.18 Å². The lowest BCUT2D eigenvalue weighted by Gasteiger charge is -2.11. The van der Waals surface area contributed by atoms with E-state index in [-0.39, 0.29) is 17.2 Å². The zero-order valence-corrected chi connectivity index (χ0v) is 10.9. The normalized spacial score (nSPS) is 12.2. The predicted molar refractivity (Wildman–Crippen MR) is 73.5 cm³/mol. The van der Waals surface area contributed by atoms with E-state index in [4.69, 9.17) is 17.3 Å². The summed E-state index contributed by atoms with van der Waals surface area (Å²) in [5.41, 5.74) is 7.32. The number of hydrogen-bond donors (Lipinski definition) is 1. The Balaban J connectivity index is 2.10. The molecule has 0 aliphatic rings. The quantitative estimate of drug-likeness (QED) is 0.932. The van der Waals surface area contributed by atoms with Gasteiger partial charge >= 0.3 is 0 Å². The molecule has 2 nitrogen and oxygen atoms in total. The largest absolute Gasteiger partial charge is 0.318 e. The molecule has 19 heavy (non-hydrogen) atoms. The number of carbonyl (C=O) groups is 1. The van der Waals surface area contributed by atoms with Crippen LogP contribution < -0.4 is 5.73 Å². The van der Waals surface area contributed by atoms with Gasteiger partial charge < -0.3 is 5.73 Å². The number of benzene rings is 2. The molecule has 1 atom stereocenters. The Hall–Kier alpha value is -1.71. The summed E-state index contributed by atoms with van der Waals surface area (Å²) >= 11 is 5.68. The minimum Gasteiger partial charge on any atom is -0.318 e. The fourth-order valence-electron chi connectivity index (χ4n) is 1.81. The average Bonchev–Trinajstić information content (AvgIpc) is 2.43. The van der Waals surface area contributed by atoms with E-state index in [1.165, 1.54) is 18.2 Å². The van der Waals surface area contributed by atoms with Crippen molar-refractivity contribution >= 4 is 17.4 Å². The van der Waals surface area contributed by atoms with Gasteiger partial charge in [0.25, 0.3) is 0 Å². The fourth-order valence-corrected chi connectivity index (χ4v) is 2.01. The molecule has 2 rings (SSSR count). The zero-order valence-electron chi connectivity index (χ0n) is 10.1. The molecule has 2 aromatic rings. The third kappa shape index (κ3) is 3.40. The second kappa shape index (κ2) is 5.95. The second-order valence-electron chi connectivity index (χ2n) is 4.28. The Morgan fingerprint density at radius 2 is 1.89 bits per heavy atom. The van der Waals surface area contributed by atoms with Crippen LogP contribution in [-0.2, 0) is 11.2 Å². The van der Waals surface area contributed by atoms with Crippen LogP contribution >= 0.6 is 11.6 Å². The lowest BCUT2D eigenvalue weighted by atomic mass is 9.98. The van der Waals surface area contributed by atoms with Crippen molar-refractivity contribution in [2.24, 2.45) is 5.73 Å². The van der Waals surface area contributed by atoms with Crippen LogP contribution in [0.4, 0.5) is 4.39 Å². The molecule has 0 fully saturated rings. The maximum absolute atomic E-state index is 13.0. The number of rotatable bonds is 4. The molecule has 0 radical (unpaired) electrons. The lowest BCUT2D eigenvalue weighted by molar-refractivity contribution is -0.119. The molecule has 0 spiro atoms. The molecule has 98 valence electrons. The minimum atomic E-state index is -0.676. The molecule has 0 saturated heterocycles. The summed E-state index contributed by atoms with van der Waals surface area (Å²) in [5.74, 6) is -0.626. The van der Waals surface area contributed by atoms with Gasteiger partial charge in [-0.05, 0) is 23.3 Å². The maximum Gasteiger partial charge on any atom is 0.158 e. The van der Waals surface area contributed by atoms with Crippen LogP contribution in [0.1, 0.15) is 17.2 Å². The van der Waals surface area contributed by atoms with Crippen LogP contribution in [0.3, 0.4) is 0 Å². The Labute approximate surface area is 116 Å². The van der Waals surface area contributed by atoms with Crippen LogP contribution in [-0.4, -0.2) is 5.78 Å². The zero-order chi connectivity index (χ0) is 13.8. The van der Waals surface area contributed by atoms with Crippen molar-refractivity contribution in [2.75, 3.05) is 0 Å². The van der Waals surface area contributed by atoms with Crippen LogP contribution in [0, 0.1) is 5.82 Å². The van der Waals surface area contributed by atoms with Gasteiger partial charge in [-0.3, -0.25) is 4.79 Å². The van der Waals surface area contributed by atoms with Crippen molar-refractivity contribution in [3.63, 3.8) is 0 Å². The summed E-state index contributed by atoms with van der Waals surface area (Å²) < 4.78 is 13.0. The van der Waals surface area contributed by atoms with Crippen molar-refractivity contribution in [1.82, 2.24) is 0 Å². The Bertz CT molecular complexity index is 586. The third-order valence-electron chi connectivity index (χ3n) is 2.87. The molecule has 2 N–H and O–H groups in total. The van der Waals surface area contributed by atoms with Crippen LogP contribution in [0.5, 0.6) is 0 Å². The highest BCUT2D eigenvalue weighted by Crippen LogP contribution is 2.18. The molecule has 4 heteroatoms. The van der Waals surface area contributed by atoms with E-state index < -0.39 is 11.9 Å². The molecule has 0 bridgehead atoms. The van der Waals surface area contributed by atoms with Gasteiger partial charge in [0.1, 0.15) is 5.82 Å². The Morgan fingerprint density at radius 3 is 2.53 bits per heavy atom. The minimum absolute atomic E-state index is 0.0126. The standard InChI is InChI=1S/C15H13ClFNO/c16-12-8-10(6-7-13(12)17)9-14(19)15(18)11-4-2-1-3-5-11/h1-8,15H,9,18H2/t15-/m1/s1. The molecule has 0 aromatic heterocycles. The molecule has 0 saturated carbocycles. The van der Waals surface area contributed by atoms with Gasteiger partial charge in [-0.2, -0.15) is 0 Å². The summed E-state index contributed by atoms with van der Waals surface area (Å²) in [7, 11) is 0. The topological polar surface area (TPSA) is 43.1 Å². The van der Waals surface area contributed by atoms with E-state index in [2.05, 4.69) is 0 Å². The summed E-state index contributed by atoms with van der Waals surface area (Å²) in [5, 5.41) is 0.0126. The smallest absolute Gasteiger partial charge is 0.158 e. The highest BCUT2D eigenvalue weighted by molar-refractivity contribution is 6.30. The highest BCUT2D eigenvalue weighted by Gasteiger charge is 2.16. The van der Waals surface area contributed by atoms with E-state index in [1.807, 2.05) is 18.2 Å². The van der Waals surface area contributed by atoms with E-state index in [0.29, 0.717) is 5.56 Å². The van der Waals surface area contributed by atoms with Crippen LogP contribution in [0.25, 0.3) is 0 Å². The number of hydrogen-bond acceptors (Lipinski definition) is 2. The number of Topliss-reactive ketones (excluding diaryl/α,β-unsaturated/α-hetero) is 1. The number of nitrogens with two attached hydrogens (primary N) is 1. The van der Waals surface area contributed by atoms with Gasteiger partial charge in [0.05, 0.1) is 11.1 Å². The first kappa shape index (κ1) is 13.7. The van der Waals surface area contributed by atoms with Crippen LogP contribution in [0.15, 0.2) is 48.5 Å². The summed E-state index contributed by atoms with van der Waals surface area (Å²) in [6.07, 6.45) is 0.135. The SMILES string of the molecule is N[C@@H](C(=O)Cc1ccc(F)c(Cl)c1)c1ccccc1.